The Bertz CT molecular complexity index is 358. The number of hydrogen-bond donors (Lipinski definition) is 1. The van der Waals surface area contributed by atoms with Gasteiger partial charge in [-0.15, -0.1) is 11.8 Å². The molecule has 2 heteroatoms. The van der Waals surface area contributed by atoms with Crippen molar-refractivity contribution in [2.45, 2.75) is 64.3 Å². The molecule has 0 radical (unpaired) electrons. The summed E-state index contributed by atoms with van der Waals surface area (Å²) in [7, 11) is 0. The van der Waals surface area contributed by atoms with Crippen LogP contribution in [0.25, 0.3) is 0 Å². The van der Waals surface area contributed by atoms with Crippen molar-refractivity contribution in [1.29, 1.82) is 0 Å². The third-order valence-corrected chi connectivity index (χ3v) is 5.09. The normalized spacial score (nSPS) is 14.5. The van der Waals surface area contributed by atoms with Crippen LogP contribution in [0.1, 0.15) is 58.9 Å². The van der Waals surface area contributed by atoms with Gasteiger partial charge in [-0.1, -0.05) is 53.2 Å². The number of thioether (sulfide) groups is 1. The largest absolute Gasteiger partial charge is 0.313 e. The molecule has 0 spiro atoms. The van der Waals surface area contributed by atoms with E-state index in [2.05, 4.69) is 64.2 Å². The molecule has 1 aromatic rings. The van der Waals surface area contributed by atoms with Crippen LogP contribution in [-0.2, 0) is 0 Å². The Morgan fingerprint density at radius 1 is 1.05 bits per heavy atom. The Kier molecular flexibility index (Phi) is 8.32. The second-order valence-corrected chi connectivity index (χ2v) is 7.07. The van der Waals surface area contributed by atoms with E-state index >= 15 is 0 Å². The Balaban J connectivity index is 2.53. The first-order valence-corrected chi connectivity index (χ1v) is 9.03. The molecular formula is C18H31NS. The van der Waals surface area contributed by atoms with E-state index in [1.165, 1.54) is 23.3 Å². The van der Waals surface area contributed by atoms with Gasteiger partial charge in [-0.25, -0.2) is 0 Å². The highest BCUT2D eigenvalue weighted by Gasteiger charge is 2.15. The summed E-state index contributed by atoms with van der Waals surface area (Å²) in [4.78, 5) is 1.39. The lowest BCUT2D eigenvalue weighted by molar-refractivity contribution is 0.397. The molecule has 1 rings (SSSR count). The van der Waals surface area contributed by atoms with Crippen LogP contribution in [-0.4, -0.2) is 18.3 Å². The van der Waals surface area contributed by atoms with Crippen LogP contribution in [0, 0.1) is 5.92 Å². The highest BCUT2D eigenvalue weighted by Crippen LogP contribution is 2.24. The van der Waals surface area contributed by atoms with Gasteiger partial charge < -0.3 is 5.32 Å². The predicted octanol–water partition coefficient (Wildman–Crippen LogP) is 5.32. The zero-order valence-corrected chi connectivity index (χ0v) is 14.6. The Morgan fingerprint density at radius 2 is 1.70 bits per heavy atom. The van der Waals surface area contributed by atoms with Crippen molar-refractivity contribution in [2.24, 2.45) is 5.92 Å². The van der Waals surface area contributed by atoms with Gasteiger partial charge in [0, 0.05) is 16.7 Å². The molecule has 0 heterocycles. The first-order chi connectivity index (χ1) is 9.58. The van der Waals surface area contributed by atoms with Crippen molar-refractivity contribution in [3.8, 4) is 0 Å². The van der Waals surface area contributed by atoms with Crippen molar-refractivity contribution in [3.05, 3.63) is 29.8 Å². The summed E-state index contributed by atoms with van der Waals surface area (Å²) in [6.07, 6.45) is 2.45. The maximum absolute atomic E-state index is 3.70. The summed E-state index contributed by atoms with van der Waals surface area (Å²) in [5.41, 5.74) is 1.43. The second kappa shape index (κ2) is 9.46. The third kappa shape index (κ3) is 5.88. The fourth-order valence-electron chi connectivity index (χ4n) is 2.17. The van der Waals surface area contributed by atoms with Crippen LogP contribution in [0.5, 0.6) is 0 Å². The monoisotopic (exact) mass is 293 g/mol. The SMILES string of the molecule is CCCNC(CSc1ccc(C(C)C)cc1)C(C)CC. The summed E-state index contributed by atoms with van der Waals surface area (Å²) in [6.45, 7) is 12.5. The maximum Gasteiger partial charge on any atom is 0.0187 e. The molecule has 1 aromatic carbocycles. The molecule has 0 aliphatic carbocycles. The molecule has 2 unspecified atom stereocenters. The maximum atomic E-state index is 3.70. The van der Waals surface area contributed by atoms with Crippen molar-refractivity contribution in [2.75, 3.05) is 12.3 Å². The zero-order valence-electron chi connectivity index (χ0n) is 13.8. The van der Waals surface area contributed by atoms with Crippen molar-refractivity contribution < 1.29 is 0 Å². The second-order valence-electron chi connectivity index (χ2n) is 5.98. The highest BCUT2D eigenvalue weighted by atomic mass is 32.2. The molecule has 0 aliphatic heterocycles. The van der Waals surface area contributed by atoms with Gasteiger partial charge in [0.15, 0.2) is 0 Å². The first kappa shape index (κ1) is 17.6. The molecule has 0 amide bonds. The van der Waals surface area contributed by atoms with Crippen LogP contribution < -0.4 is 5.32 Å². The number of rotatable bonds is 9. The zero-order chi connectivity index (χ0) is 15.0. The molecule has 1 N–H and O–H groups in total. The topological polar surface area (TPSA) is 12.0 Å². The minimum atomic E-state index is 0.619. The van der Waals surface area contributed by atoms with E-state index in [-0.39, 0.29) is 0 Å². The third-order valence-electron chi connectivity index (χ3n) is 3.96. The summed E-state index contributed by atoms with van der Waals surface area (Å²) < 4.78 is 0. The average Bonchev–Trinajstić information content (AvgIpc) is 2.47. The van der Waals surface area contributed by atoms with Gasteiger partial charge in [0.1, 0.15) is 0 Å². The van der Waals surface area contributed by atoms with E-state index in [1.807, 2.05) is 11.8 Å². The molecule has 0 saturated heterocycles. The fraction of sp³-hybridized carbons (Fsp3) is 0.667. The van der Waals surface area contributed by atoms with Crippen LogP contribution >= 0.6 is 11.8 Å². The molecular weight excluding hydrogens is 262 g/mol. The minimum absolute atomic E-state index is 0.619. The van der Waals surface area contributed by atoms with Crippen molar-refractivity contribution in [3.63, 3.8) is 0 Å². The van der Waals surface area contributed by atoms with Crippen molar-refractivity contribution >= 4 is 11.8 Å². The first-order valence-electron chi connectivity index (χ1n) is 8.04. The molecule has 2 atom stereocenters. The van der Waals surface area contributed by atoms with Gasteiger partial charge in [-0.05, 0) is 42.5 Å². The standard InChI is InChI=1S/C18H31NS/c1-6-12-19-18(15(5)7-2)13-20-17-10-8-16(9-11-17)14(3)4/h8-11,14-15,18-19H,6-7,12-13H2,1-5H3. The van der Waals surface area contributed by atoms with Gasteiger partial charge in [-0.2, -0.15) is 0 Å². The van der Waals surface area contributed by atoms with Gasteiger partial charge in [-0.3, -0.25) is 0 Å². The molecule has 1 nitrogen and oxygen atoms in total. The Hall–Kier alpha value is -0.470. The number of benzene rings is 1. The fourth-order valence-corrected chi connectivity index (χ4v) is 3.32. The summed E-state index contributed by atoms with van der Waals surface area (Å²) in [5.74, 6) is 2.52. The summed E-state index contributed by atoms with van der Waals surface area (Å²) in [6, 6.07) is 9.70. The van der Waals surface area contributed by atoms with Gasteiger partial charge >= 0.3 is 0 Å². The van der Waals surface area contributed by atoms with Crippen LogP contribution in [0.4, 0.5) is 0 Å². The van der Waals surface area contributed by atoms with Crippen LogP contribution in [0.2, 0.25) is 0 Å². The predicted molar refractivity (Wildman–Crippen MR) is 92.8 cm³/mol. The lowest BCUT2D eigenvalue weighted by Gasteiger charge is -2.24. The lowest BCUT2D eigenvalue weighted by Crippen LogP contribution is -2.37. The van der Waals surface area contributed by atoms with E-state index in [0.29, 0.717) is 12.0 Å². The number of nitrogens with one attached hydrogen (secondary N) is 1. The molecule has 20 heavy (non-hydrogen) atoms. The van der Waals surface area contributed by atoms with E-state index in [9.17, 15) is 0 Å². The van der Waals surface area contributed by atoms with Gasteiger partial charge in [0.05, 0.1) is 0 Å². The Morgan fingerprint density at radius 3 is 2.20 bits per heavy atom. The van der Waals surface area contributed by atoms with Crippen LogP contribution in [0.3, 0.4) is 0 Å². The van der Waals surface area contributed by atoms with Gasteiger partial charge in [0.25, 0.3) is 0 Å². The molecule has 0 bridgehead atoms. The number of hydrogen-bond acceptors (Lipinski definition) is 2. The minimum Gasteiger partial charge on any atom is -0.313 e. The van der Waals surface area contributed by atoms with Crippen molar-refractivity contribution in [1.82, 2.24) is 5.32 Å². The smallest absolute Gasteiger partial charge is 0.0187 e. The van der Waals surface area contributed by atoms with E-state index < -0.39 is 0 Å². The highest BCUT2D eigenvalue weighted by molar-refractivity contribution is 7.99. The van der Waals surface area contributed by atoms with E-state index in [1.54, 1.807) is 0 Å². The lowest BCUT2D eigenvalue weighted by atomic mass is 10.0. The molecule has 0 fully saturated rings. The van der Waals surface area contributed by atoms with Gasteiger partial charge in [0.2, 0.25) is 0 Å². The van der Waals surface area contributed by atoms with Crippen LogP contribution in [0.15, 0.2) is 29.2 Å². The van der Waals surface area contributed by atoms with E-state index in [4.69, 9.17) is 0 Å². The van der Waals surface area contributed by atoms with E-state index in [0.717, 1.165) is 18.2 Å². The molecule has 0 aromatic heterocycles. The Labute approximate surface area is 129 Å². The molecule has 114 valence electrons. The average molecular weight is 294 g/mol. The summed E-state index contributed by atoms with van der Waals surface area (Å²) >= 11 is 1.98. The summed E-state index contributed by atoms with van der Waals surface area (Å²) in [5, 5.41) is 3.70. The molecule has 0 saturated carbocycles. The quantitative estimate of drug-likeness (QED) is 0.619. The molecule has 0 aliphatic rings.